The van der Waals surface area contributed by atoms with Crippen molar-refractivity contribution in [2.24, 2.45) is 13.0 Å². The fourth-order valence-electron chi connectivity index (χ4n) is 3.41. The molecule has 2 aromatic heterocycles. The van der Waals surface area contributed by atoms with Crippen LogP contribution in [-0.2, 0) is 18.4 Å². The molecule has 0 unspecified atom stereocenters. The molecule has 1 saturated heterocycles. The third-order valence-electron chi connectivity index (χ3n) is 4.83. The van der Waals surface area contributed by atoms with E-state index in [0.29, 0.717) is 30.3 Å². The third-order valence-corrected chi connectivity index (χ3v) is 4.83. The summed E-state index contributed by atoms with van der Waals surface area (Å²) in [7, 11) is 1.78. The molecule has 3 rings (SSSR count). The lowest BCUT2D eigenvalue weighted by molar-refractivity contribution is -0.133. The number of aryl methyl sites for hydroxylation is 3. The van der Waals surface area contributed by atoms with Crippen molar-refractivity contribution in [2.45, 2.75) is 33.2 Å². The normalized spacial score (nSPS) is 17.3. The SMILES string of the molecule is Cc1cc(C)n(CC(=O)N2CCC[C@@H](C(=O)c3nccn3C)C2)c(=O)n1. The number of likely N-dealkylation sites (tertiary alicyclic amines) is 1. The predicted molar refractivity (Wildman–Crippen MR) is 94.8 cm³/mol. The van der Waals surface area contributed by atoms with Gasteiger partial charge in [0.15, 0.2) is 5.82 Å². The van der Waals surface area contributed by atoms with Crippen LogP contribution in [0.1, 0.15) is 34.8 Å². The quantitative estimate of drug-likeness (QED) is 0.752. The number of amides is 1. The molecule has 0 radical (unpaired) electrons. The predicted octanol–water partition coefficient (Wildman–Crippen LogP) is 0.715. The van der Waals surface area contributed by atoms with Crippen LogP contribution >= 0.6 is 0 Å². The van der Waals surface area contributed by atoms with E-state index in [-0.39, 0.29) is 24.2 Å². The van der Waals surface area contributed by atoms with Crippen molar-refractivity contribution in [1.82, 2.24) is 24.0 Å². The van der Waals surface area contributed by atoms with Gasteiger partial charge in [-0.1, -0.05) is 0 Å². The molecule has 0 aliphatic carbocycles. The van der Waals surface area contributed by atoms with Crippen LogP contribution in [0.25, 0.3) is 0 Å². The Hall–Kier alpha value is -2.77. The van der Waals surface area contributed by atoms with Gasteiger partial charge in [0.05, 0.1) is 0 Å². The van der Waals surface area contributed by atoms with Gasteiger partial charge in [-0.25, -0.2) is 9.78 Å². The zero-order valence-electron chi connectivity index (χ0n) is 15.3. The summed E-state index contributed by atoms with van der Waals surface area (Å²) in [6.07, 6.45) is 4.82. The summed E-state index contributed by atoms with van der Waals surface area (Å²) in [4.78, 5) is 47.1. The zero-order valence-corrected chi connectivity index (χ0v) is 15.3. The lowest BCUT2D eigenvalue weighted by atomic mass is 9.93. The molecule has 1 atom stereocenters. The van der Waals surface area contributed by atoms with Crippen LogP contribution in [0.3, 0.4) is 0 Å². The first-order valence-corrected chi connectivity index (χ1v) is 8.71. The molecule has 8 heteroatoms. The minimum atomic E-state index is -0.423. The van der Waals surface area contributed by atoms with Crippen LogP contribution < -0.4 is 5.69 Å². The Kier molecular flexibility index (Phi) is 5.01. The average molecular weight is 357 g/mol. The minimum absolute atomic E-state index is 0.0413. The number of ketones is 1. The highest BCUT2D eigenvalue weighted by atomic mass is 16.2. The Morgan fingerprint density at radius 3 is 2.73 bits per heavy atom. The van der Waals surface area contributed by atoms with E-state index in [4.69, 9.17) is 0 Å². The number of aromatic nitrogens is 4. The van der Waals surface area contributed by atoms with Crippen molar-refractivity contribution in [3.05, 3.63) is 46.2 Å². The second-order valence-corrected chi connectivity index (χ2v) is 6.81. The summed E-state index contributed by atoms with van der Waals surface area (Å²) in [5, 5.41) is 0. The molecule has 1 fully saturated rings. The van der Waals surface area contributed by atoms with E-state index >= 15 is 0 Å². The summed E-state index contributed by atoms with van der Waals surface area (Å²) >= 11 is 0. The fraction of sp³-hybridized carbons (Fsp3) is 0.500. The summed E-state index contributed by atoms with van der Waals surface area (Å²) in [6.45, 7) is 4.43. The van der Waals surface area contributed by atoms with E-state index in [9.17, 15) is 14.4 Å². The van der Waals surface area contributed by atoms with E-state index in [1.807, 2.05) is 0 Å². The van der Waals surface area contributed by atoms with Gasteiger partial charge in [0.1, 0.15) is 6.54 Å². The van der Waals surface area contributed by atoms with Gasteiger partial charge in [0, 0.05) is 49.8 Å². The van der Waals surface area contributed by atoms with Crippen LogP contribution in [0.2, 0.25) is 0 Å². The third kappa shape index (κ3) is 3.58. The van der Waals surface area contributed by atoms with E-state index in [0.717, 1.165) is 12.8 Å². The Bertz CT molecular complexity index is 898. The van der Waals surface area contributed by atoms with Gasteiger partial charge < -0.3 is 9.47 Å². The highest BCUT2D eigenvalue weighted by Gasteiger charge is 2.30. The number of carbonyl (C=O) groups excluding carboxylic acids is 2. The summed E-state index contributed by atoms with van der Waals surface area (Å²) < 4.78 is 3.07. The molecule has 26 heavy (non-hydrogen) atoms. The highest BCUT2D eigenvalue weighted by Crippen LogP contribution is 2.20. The number of hydrogen-bond donors (Lipinski definition) is 0. The molecular formula is C18H23N5O3. The van der Waals surface area contributed by atoms with E-state index < -0.39 is 5.69 Å². The topological polar surface area (TPSA) is 90.1 Å². The highest BCUT2D eigenvalue weighted by molar-refractivity contribution is 5.95. The maximum Gasteiger partial charge on any atom is 0.348 e. The Labute approximate surface area is 151 Å². The molecule has 0 saturated carbocycles. The molecule has 1 aliphatic heterocycles. The number of hydrogen-bond acceptors (Lipinski definition) is 5. The van der Waals surface area contributed by atoms with Crippen LogP contribution in [0.15, 0.2) is 23.3 Å². The van der Waals surface area contributed by atoms with Gasteiger partial charge in [0.25, 0.3) is 0 Å². The molecule has 0 aromatic carbocycles. The zero-order chi connectivity index (χ0) is 18.8. The van der Waals surface area contributed by atoms with Crippen LogP contribution in [0.4, 0.5) is 0 Å². The molecule has 1 amide bonds. The molecule has 2 aromatic rings. The largest absolute Gasteiger partial charge is 0.348 e. The van der Waals surface area contributed by atoms with Crippen LogP contribution in [0.5, 0.6) is 0 Å². The molecule has 0 N–H and O–H groups in total. The van der Waals surface area contributed by atoms with Crippen LogP contribution in [-0.4, -0.2) is 48.8 Å². The maximum atomic E-state index is 12.7. The van der Waals surface area contributed by atoms with Crippen molar-refractivity contribution >= 4 is 11.7 Å². The van der Waals surface area contributed by atoms with Gasteiger partial charge in [0.2, 0.25) is 11.7 Å². The Balaban J connectivity index is 1.72. The number of rotatable bonds is 4. The number of nitrogens with zero attached hydrogens (tertiary/aromatic N) is 5. The smallest absolute Gasteiger partial charge is 0.340 e. The first-order valence-electron chi connectivity index (χ1n) is 8.71. The van der Waals surface area contributed by atoms with Crippen molar-refractivity contribution in [2.75, 3.05) is 13.1 Å². The van der Waals surface area contributed by atoms with E-state index in [1.165, 1.54) is 4.57 Å². The van der Waals surface area contributed by atoms with Gasteiger partial charge in [-0.15, -0.1) is 0 Å². The lowest BCUT2D eigenvalue weighted by Crippen LogP contribution is -2.45. The summed E-state index contributed by atoms with van der Waals surface area (Å²) in [5.41, 5.74) is 0.914. The molecule has 3 heterocycles. The van der Waals surface area contributed by atoms with E-state index in [1.54, 1.807) is 48.8 Å². The van der Waals surface area contributed by atoms with Crippen molar-refractivity contribution in [3.8, 4) is 0 Å². The number of Topliss-reactive ketones (excluding diaryl/α,β-unsaturated/α-hetero) is 1. The molecule has 138 valence electrons. The first kappa shape index (κ1) is 18.0. The number of carbonyl (C=O) groups is 2. The fourth-order valence-corrected chi connectivity index (χ4v) is 3.41. The summed E-state index contributed by atoms with van der Waals surface area (Å²) in [5.74, 6) is -0.0552. The van der Waals surface area contributed by atoms with Crippen molar-refractivity contribution in [1.29, 1.82) is 0 Å². The standard InChI is InChI=1S/C18H23N5O3/c1-12-9-13(2)23(18(26)20-12)11-15(24)22-7-4-5-14(10-22)16(25)17-19-6-8-21(17)3/h6,8-9,14H,4-5,7,10-11H2,1-3H3/t14-/m1/s1. The lowest BCUT2D eigenvalue weighted by Gasteiger charge is -2.32. The Morgan fingerprint density at radius 1 is 1.31 bits per heavy atom. The minimum Gasteiger partial charge on any atom is -0.340 e. The maximum absolute atomic E-state index is 12.7. The average Bonchev–Trinajstić information content (AvgIpc) is 3.03. The second kappa shape index (κ2) is 7.23. The Morgan fingerprint density at radius 2 is 2.08 bits per heavy atom. The second-order valence-electron chi connectivity index (χ2n) is 6.81. The van der Waals surface area contributed by atoms with Gasteiger partial charge in [-0.2, -0.15) is 4.98 Å². The molecule has 8 nitrogen and oxygen atoms in total. The van der Waals surface area contributed by atoms with Crippen LogP contribution in [0, 0.1) is 19.8 Å². The summed E-state index contributed by atoms with van der Waals surface area (Å²) in [6, 6.07) is 1.78. The van der Waals surface area contributed by atoms with Crippen molar-refractivity contribution < 1.29 is 9.59 Å². The van der Waals surface area contributed by atoms with Gasteiger partial charge >= 0.3 is 5.69 Å². The van der Waals surface area contributed by atoms with Crippen molar-refractivity contribution in [3.63, 3.8) is 0 Å². The number of imidazole rings is 1. The molecule has 1 aliphatic rings. The first-order chi connectivity index (χ1) is 12.4. The monoisotopic (exact) mass is 357 g/mol. The van der Waals surface area contributed by atoms with E-state index in [2.05, 4.69) is 9.97 Å². The molecule has 0 spiro atoms. The van der Waals surface area contributed by atoms with Gasteiger partial charge in [-0.3, -0.25) is 14.2 Å². The number of piperidine rings is 1. The molecular weight excluding hydrogens is 334 g/mol. The van der Waals surface area contributed by atoms with Gasteiger partial charge in [-0.05, 0) is 32.8 Å². The molecule has 0 bridgehead atoms.